The van der Waals surface area contributed by atoms with E-state index in [0.717, 1.165) is 66.3 Å². The maximum absolute atomic E-state index is 14.6. The topological polar surface area (TPSA) is 92.2 Å². The summed E-state index contributed by atoms with van der Waals surface area (Å²) in [6.07, 6.45) is 10.4. The normalized spacial score (nSPS) is 21.7. The Hall–Kier alpha value is -3.74. The quantitative estimate of drug-likeness (QED) is 0.120. The number of rotatable bonds is 12. The van der Waals surface area contributed by atoms with E-state index >= 15 is 0 Å². The van der Waals surface area contributed by atoms with E-state index in [1.54, 1.807) is 12.2 Å². The summed E-state index contributed by atoms with van der Waals surface area (Å²) in [6.45, 7) is 11.7. The number of halogens is 3. The molecule has 0 amide bonds. The van der Waals surface area contributed by atoms with Gasteiger partial charge in [-0.3, -0.25) is 14.8 Å². The van der Waals surface area contributed by atoms with Crippen molar-refractivity contribution in [3.63, 3.8) is 0 Å². The number of nitrogens with zero attached hydrogens (tertiary/aromatic N) is 4. The van der Waals surface area contributed by atoms with Gasteiger partial charge in [-0.25, -0.2) is 10.2 Å². The highest BCUT2D eigenvalue weighted by Gasteiger charge is 2.44. The lowest BCUT2D eigenvalue weighted by molar-refractivity contribution is -0.136. The molecule has 46 heavy (non-hydrogen) atoms. The standard InChI is InChI=1S/C34H44F3N7O2/c1-5-14-42-28-13-9-12-27(28)39-31(42)23-16-26(34(35,36)37)29-19-43(32(45)44(29)18-23)22(3)15-24(6-2)33(20-46-21-33)17-30(40-38)41(4)25-10-7-8-11-25/h6,10,15-16,18-19,30-31,39-40H,2-3,5,7-9,11-14,17,20-21,38H2,1,4H3/b24-15+. The van der Waals surface area contributed by atoms with E-state index in [4.69, 9.17) is 10.6 Å². The van der Waals surface area contributed by atoms with E-state index in [2.05, 4.69) is 39.8 Å². The van der Waals surface area contributed by atoms with Gasteiger partial charge in [-0.2, -0.15) is 13.2 Å². The van der Waals surface area contributed by atoms with E-state index in [-0.39, 0.29) is 17.4 Å². The molecule has 0 aromatic carbocycles. The van der Waals surface area contributed by atoms with E-state index in [9.17, 15) is 18.0 Å². The second kappa shape index (κ2) is 12.5. The lowest BCUT2D eigenvalue weighted by Gasteiger charge is -2.46. The van der Waals surface area contributed by atoms with E-state index in [0.29, 0.717) is 31.7 Å². The van der Waals surface area contributed by atoms with Gasteiger partial charge < -0.3 is 19.9 Å². The molecule has 0 bridgehead atoms. The first kappa shape index (κ1) is 32.2. The number of pyridine rings is 1. The van der Waals surface area contributed by atoms with Crippen molar-refractivity contribution in [3.8, 4) is 0 Å². The molecule has 2 atom stereocenters. The highest BCUT2D eigenvalue weighted by atomic mass is 19.4. The van der Waals surface area contributed by atoms with Gasteiger partial charge in [-0.1, -0.05) is 32.2 Å². The molecule has 0 saturated carbocycles. The summed E-state index contributed by atoms with van der Waals surface area (Å²) in [4.78, 5) is 18.1. The third-order valence-corrected chi connectivity index (χ3v) is 9.97. The molecule has 12 heteroatoms. The van der Waals surface area contributed by atoms with Crippen LogP contribution in [0.4, 0.5) is 13.2 Å². The molecule has 1 fully saturated rings. The number of fused-ring (bicyclic) bond motifs is 1. The molecular weight excluding hydrogens is 595 g/mol. The summed E-state index contributed by atoms with van der Waals surface area (Å²) in [6, 6.07) is 1.17. The Balaban J connectivity index is 1.35. The third kappa shape index (κ3) is 5.60. The molecular formula is C34H44F3N7O2. The van der Waals surface area contributed by atoms with Gasteiger partial charge in [-0.15, -0.1) is 0 Å². The van der Waals surface area contributed by atoms with Crippen molar-refractivity contribution in [3.05, 3.63) is 94.1 Å². The molecule has 2 aliphatic heterocycles. The number of nitrogens with one attached hydrogen (secondary N) is 2. The van der Waals surface area contributed by atoms with Crippen molar-refractivity contribution in [2.75, 3.05) is 26.8 Å². The van der Waals surface area contributed by atoms with Crippen molar-refractivity contribution < 1.29 is 17.9 Å². The minimum atomic E-state index is -4.67. The van der Waals surface area contributed by atoms with Crippen LogP contribution >= 0.6 is 0 Å². The Morgan fingerprint density at radius 1 is 1.28 bits per heavy atom. The van der Waals surface area contributed by atoms with Crippen LogP contribution in [0.5, 0.6) is 0 Å². The number of hydrogen-bond donors (Lipinski definition) is 3. The fourth-order valence-electron chi connectivity index (χ4n) is 7.44. The summed E-state index contributed by atoms with van der Waals surface area (Å²) in [5.41, 5.74) is 5.63. The van der Waals surface area contributed by atoms with Crippen molar-refractivity contribution >= 4 is 11.2 Å². The fourth-order valence-corrected chi connectivity index (χ4v) is 7.44. The van der Waals surface area contributed by atoms with Gasteiger partial charge in [0.15, 0.2) is 0 Å². The van der Waals surface area contributed by atoms with Gasteiger partial charge >= 0.3 is 11.9 Å². The van der Waals surface area contributed by atoms with Crippen LogP contribution in [0.25, 0.3) is 11.2 Å². The minimum Gasteiger partial charge on any atom is -0.379 e. The number of ether oxygens (including phenoxy) is 1. The zero-order valence-electron chi connectivity index (χ0n) is 26.6. The first-order valence-corrected chi connectivity index (χ1v) is 16.1. The summed E-state index contributed by atoms with van der Waals surface area (Å²) < 4.78 is 51.6. The monoisotopic (exact) mass is 639 g/mol. The largest absolute Gasteiger partial charge is 0.418 e. The van der Waals surface area contributed by atoms with Crippen LogP contribution in [0.1, 0.15) is 75.6 Å². The molecule has 2 aliphatic carbocycles. The summed E-state index contributed by atoms with van der Waals surface area (Å²) in [7, 11) is 2.01. The van der Waals surface area contributed by atoms with Gasteiger partial charge in [0, 0.05) is 59.8 Å². The second-order valence-electron chi connectivity index (χ2n) is 12.9. The van der Waals surface area contributed by atoms with Crippen LogP contribution in [0.2, 0.25) is 0 Å². The zero-order valence-corrected chi connectivity index (χ0v) is 26.6. The fraction of sp³-hybridized carbons (Fsp3) is 0.500. The maximum Gasteiger partial charge on any atom is 0.418 e. The number of alkyl halides is 3. The first-order chi connectivity index (χ1) is 22.0. The van der Waals surface area contributed by atoms with Crippen LogP contribution in [0, 0.1) is 5.41 Å². The Bertz CT molecular complexity index is 1680. The number of nitrogens with two attached hydrogens (primary N) is 1. The molecule has 9 nitrogen and oxygen atoms in total. The van der Waals surface area contributed by atoms with E-state index in [1.165, 1.54) is 28.7 Å². The molecule has 0 radical (unpaired) electrons. The van der Waals surface area contributed by atoms with Crippen molar-refractivity contribution in [2.45, 2.75) is 76.8 Å². The molecule has 4 heterocycles. The van der Waals surface area contributed by atoms with Crippen LogP contribution in [-0.2, 0) is 10.9 Å². The predicted molar refractivity (Wildman–Crippen MR) is 173 cm³/mol. The Kier molecular flexibility index (Phi) is 8.73. The van der Waals surface area contributed by atoms with Crippen LogP contribution in [0.15, 0.2) is 77.3 Å². The molecule has 2 aromatic rings. The van der Waals surface area contributed by atoms with Crippen molar-refractivity contribution in [1.82, 2.24) is 29.5 Å². The molecule has 2 unspecified atom stereocenters. The van der Waals surface area contributed by atoms with Gasteiger partial charge in [0.25, 0.3) is 0 Å². The van der Waals surface area contributed by atoms with Crippen molar-refractivity contribution in [1.29, 1.82) is 0 Å². The van der Waals surface area contributed by atoms with Gasteiger partial charge in [0.1, 0.15) is 6.17 Å². The van der Waals surface area contributed by atoms with Gasteiger partial charge in [0.2, 0.25) is 0 Å². The Morgan fingerprint density at radius 3 is 2.67 bits per heavy atom. The third-order valence-electron chi connectivity index (χ3n) is 9.97. The number of allylic oxidation sites excluding steroid dienone is 7. The Labute approximate surface area is 267 Å². The summed E-state index contributed by atoms with van der Waals surface area (Å²) in [5.74, 6) is 6.01. The number of hydrazine groups is 1. The minimum absolute atomic E-state index is 0.190. The average molecular weight is 640 g/mol. The average Bonchev–Trinajstić information content (AvgIpc) is 3.81. The molecule has 2 aromatic heterocycles. The van der Waals surface area contributed by atoms with Gasteiger partial charge in [0.05, 0.1) is 30.5 Å². The van der Waals surface area contributed by atoms with Crippen LogP contribution in [-0.4, -0.2) is 51.7 Å². The molecule has 0 spiro atoms. The lowest BCUT2D eigenvalue weighted by atomic mass is 9.73. The summed E-state index contributed by atoms with van der Waals surface area (Å²) in [5, 5.41) is 3.45. The molecule has 6 rings (SSSR count). The lowest BCUT2D eigenvalue weighted by Crippen LogP contribution is -2.54. The number of aromatic nitrogens is 2. The predicted octanol–water partition coefficient (Wildman–Crippen LogP) is 5.61. The smallest absolute Gasteiger partial charge is 0.379 e. The van der Waals surface area contributed by atoms with E-state index in [1.807, 2.05) is 14.0 Å². The zero-order chi connectivity index (χ0) is 32.8. The van der Waals surface area contributed by atoms with E-state index < -0.39 is 29.0 Å². The number of imidazole rings is 1. The SMILES string of the molecule is C=C/C(=C\C(=C)n1cc2c(C(F)(F)F)cc(C3NC4=C(CCC4)N3CCC)cn2c1=O)C1(CC(NN)N(C)C2=CCCC2)COC1. The molecule has 4 aliphatic rings. The van der Waals surface area contributed by atoms with Crippen LogP contribution in [0.3, 0.4) is 0 Å². The summed E-state index contributed by atoms with van der Waals surface area (Å²) >= 11 is 0. The molecule has 248 valence electrons. The Morgan fingerprint density at radius 2 is 2.07 bits per heavy atom. The van der Waals surface area contributed by atoms with Crippen molar-refractivity contribution in [2.24, 2.45) is 11.3 Å². The van der Waals surface area contributed by atoms with Crippen LogP contribution < -0.4 is 22.3 Å². The first-order valence-electron chi connectivity index (χ1n) is 16.1. The highest BCUT2D eigenvalue weighted by Crippen LogP contribution is 2.44. The molecule has 4 N–H and O–H groups in total. The highest BCUT2D eigenvalue weighted by molar-refractivity contribution is 5.64. The second-order valence-corrected chi connectivity index (χ2v) is 12.9. The van der Waals surface area contributed by atoms with Gasteiger partial charge in [-0.05, 0) is 69.1 Å². The number of hydrogen-bond acceptors (Lipinski definition) is 7. The molecule has 1 saturated heterocycles. The maximum atomic E-state index is 14.6.